The number of aliphatic hydroxyl groups excluding tert-OH is 1. The summed E-state index contributed by atoms with van der Waals surface area (Å²) in [6.07, 6.45) is -2.11. The van der Waals surface area contributed by atoms with Crippen LogP contribution in [-0.4, -0.2) is 36.7 Å². The molecule has 0 unspecified atom stereocenters. The average Bonchev–Trinajstić information content (AvgIpc) is 3.05. The second-order valence-corrected chi connectivity index (χ2v) is 12.7. The number of thioether (sulfide) groups is 1. The van der Waals surface area contributed by atoms with Crippen molar-refractivity contribution in [3.05, 3.63) is 137 Å². The third-order valence-electron chi connectivity index (χ3n) is 8.66. The number of fused-ring (bicyclic) bond motifs is 2. The van der Waals surface area contributed by atoms with E-state index in [0.29, 0.717) is 40.2 Å². The van der Waals surface area contributed by atoms with Crippen LogP contribution in [0.25, 0.3) is 0 Å². The molecule has 2 heterocycles. The molecule has 0 fully saturated rings. The number of hydrogen-bond donors (Lipinski definition) is 6. The molecule has 7 rings (SSSR count). The Kier molecular flexibility index (Phi) is 7.80. The number of aromatic hydroxyl groups is 5. The molecule has 234 valence electrons. The topological polar surface area (TPSA) is 140 Å². The summed E-state index contributed by atoms with van der Waals surface area (Å²) in [4.78, 5) is 0. The average molecular weight is 637 g/mol. The summed E-state index contributed by atoms with van der Waals surface area (Å²) >= 11 is 1.46. The Balaban J connectivity index is 1.38. The van der Waals surface area contributed by atoms with Crippen LogP contribution < -0.4 is 9.47 Å². The molecule has 0 bridgehead atoms. The SMILES string of the molecule is Oc1ccc([C@@H]2C[C@@H](c3c(O)cc(O)c4c3O[C@H](c3ccc(O)cc3)[C@H](O)[C@H]4SCc3ccccc3)c3ccc(O)cc3O2)cc1. The quantitative estimate of drug-likeness (QED) is 0.113. The van der Waals surface area contributed by atoms with E-state index in [2.05, 4.69) is 0 Å². The van der Waals surface area contributed by atoms with Gasteiger partial charge in [-0.3, -0.25) is 0 Å². The summed E-state index contributed by atoms with van der Waals surface area (Å²) in [6, 6.07) is 29.1. The maximum Gasteiger partial charge on any atom is 0.151 e. The van der Waals surface area contributed by atoms with Gasteiger partial charge in [0.2, 0.25) is 0 Å². The molecule has 0 aromatic heterocycles. The van der Waals surface area contributed by atoms with Crippen molar-refractivity contribution in [2.75, 3.05) is 0 Å². The second kappa shape index (κ2) is 12.1. The highest BCUT2D eigenvalue weighted by molar-refractivity contribution is 7.98. The van der Waals surface area contributed by atoms with Crippen LogP contribution in [-0.2, 0) is 5.75 Å². The van der Waals surface area contributed by atoms with Crippen molar-refractivity contribution in [3.63, 3.8) is 0 Å². The minimum atomic E-state index is -1.09. The zero-order valence-corrected chi connectivity index (χ0v) is 25.3. The van der Waals surface area contributed by atoms with Crippen LogP contribution in [0.15, 0.2) is 103 Å². The third-order valence-corrected chi connectivity index (χ3v) is 10.0. The van der Waals surface area contributed by atoms with Crippen molar-refractivity contribution in [2.24, 2.45) is 0 Å². The molecule has 5 atom stereocenters. The molecule has 0 aliphatic carbocycles. The van der Waals surface area contributed by atoms with Crippen LogP contribution in [0.3, 0.4) is 0 Å². The Labute approximate surface area is 269 Å². The molecule has 5 aromatic rings. The van der Waals surface area contributed by atoms with E-state index in [1.54, 1.807) is 48.5 Å². The number of benzene rings is 5. The van der Waals surface area contributed by atoms with Gasteiger partial charge in [0, 0.05) is 34.9 Å². The smallest absolute Gasteiger partial charge is 0.151 e. The van der Waals surface area contributed by atoms with Gasteiger partial charge in [-0.15, -0.1) is 11.8 Å². The van der Waals surface area contributed by atoms with Crippen molar-refractivity contribution in [1.82, 2.24) is 0 Å². The Morgan fingerprint density at radius 3 is 1.98 bits per heavy atom. The summed E-state index contributed by atoms with van der Waals surface area (Å²) in [5.41, 5.74) is 3.97. The van der Waals surface area contributed by atoms with Gasteiger partial charge in [0.15, 0.2) is 6.10 Å². The summed E-state index contributed by atoms with van der Waals surface area (Å²) in [5, 5.41) is 64.3. The number of phenols is 5. The summed E-state index contributed by atoms with van der Waals surface area (Å²) in [7, 11) is 0. The Hall–Kier alpha value is -4.99. The van der Waals surface area contributed by atoms with E-state index in [0.717, 1.165) is 11.1 Å². The number of rotatable bonds is 6. The number of phenolic OH excluding ortho intramolecular Hbond substituents is 5. The molecule has 9 heteroatoms. The predicted molar refractivity (Wildman–Crippen MR) is 174 cm³/mol. The lowest BCUT2D eigenvalue weighted by Crippen LogP contribution is -2.34. The van der Waals surface area contributed by atoms with E-state index >= 15 is 0 Å². The van der Waals surface area contributed by atoms with Crippen molar-refractivity contribution in [3.8, 4) is 40.2 Å². The first kappa shape index (κ1) is 29.7. The molecule has 2 aliphatic heterocycles. The van der Waals surface area contributed by atoms with Crippen molar-refractivity contribution in [2.45, 2.75) is 41.7 Å². The van der Waals surface area contributed by atoms with E-state index in [4.69, 9.17) is 9.47 Å². The molecule has 8 nitrogen and oxygen atoms in total. The Morgan fingerprint density at radius 1 is 0.652 bits per heavy atom. The van der Waals surface area contributed by atoms with Crippen LogP contribution in [0.5, 0.6) is 40.2 Å². The fourth-order valence-corrected chi connectivity index (χ4v) is 7.72. The molecule has 0 amide bonds. The van der Waals surface area contributed by atoms with Crippen molar-refractivity contribution < 1.29 is 40.1 Å². The zero-order valence-electron chi connectivity index (χ0n) is 24.5. The highest BCUT2D eigenvalue weighted by Crippen LogP contribution is 2.59. The molecule has 46 heavy (non-hydrogen) atoms. The first-order valence-electron chi connectivity index (χ1n) is 14.9. The van der Waals surface area contributed by atoms with E-state index in [1.807, 2.05) is 30.3 Å². The van der Waals surface area contributed by atoms with Gasteiger partial charge in [0.05, 0.1) is 10.8 Å². The lowest BCUT2D eigenvalue weighted by Gasteiger charge is -2.40. The van der Waals surface area contributed by atoms with Gasteiger partial charge in [-0.25, -0.2) is 0 Å². The minimum Gasteiger partial charge on any atom is -0.508 e. The Bertz CT molecular complexity index is 1860. The predicted octanol–water partition coefficient (Wildman–Crippen LogP) is 7.34. The molecule has 5 aromatic carbocycles. The largest absolute Gasteiger partial charge is 0.508 e. The number of hydrogen-bond acceptors (Lipinski definition) is 9. The summed E-state index contributed by atoms with van der Waals surface area (Å²) in [6.45, 7) is 0. The highest BCUT2D eigenvalue weighted by Gasteiger charge is 2.44. The zero-order chi connectivity index (χ0) is 31.9. The second-order valence-electron chi connectivity index (χ2n) is 11.6. The van der Waals surface area contributed by atoms with Gasteiger partial charge >= 0.3 is 0 Å². The van der Waals surface area contributed by atoms with E-state index < -0.39 is 29.5 Å². The maximum absolute atomic E-state index is 11.8. The van der Waals surface area contributed by atoms with Gasteiger partial charge in [-0.1, -0.05) is 60.7 Å². The standard InChI is InChI=1S/C37H32O8S/c38-23-10-6-21(7-11-23)30-17-27(26-15-14-25(40)16-31(26)44-30)32-28(41)18-29(42)33-36(32)45-35(22-8-12-24(39)13-9-22)34(43)37(33)46-19-20-4-2-1-3-5-20/h1-16,18,27,30,34-35,37-43H,17,19H2/t27-,30+,34+,35-,37+/m1/s1. The Morgan fingerprint density at radius 2 is 1.28 bits per heavy atom. The van der Waals surface area contributed by atoms with Gasteiger partial charge < -0.3 is 40.1 Å². The van der Waals surface area contributed by atoms with Gasteiger partial charge in [0.25, 0.3) is 0 Å². The van der Waals surface area contributed by atoms with Crippen molar-refractivity contribution in [1.29, 1.82) is 0 Å². The highest BCUT2D eigenvalue weighted by atomic mass is 32.2. The minimum absolute atomic E-state index is 0.0185. The van der Waals surface area contributed by atoms with Crippen LogP contribution >= 0.6 is 11.8 Å². The molecule has 2 aliphatic rings. The normalized spacial score (nSPS) is 21.8. The summed E-state index contributed by atoms with van der Waals surface area (Å²) < 4.78 is 12.9. The summed E-state index contributed by atoms with van der Waals surface area (Å²) in [5.74, 6) is 0.560. The van der Waals surface area contributed by atoms with Gasteiger partial charge in [0.1, 0.15) is 52.5 Å². The van der Waals surface area contributed by atoms with Crippen LogP contribution in [0.1, 0.15) is 63.2 Å². The van der Waals surface area contributed by atoms with Crippen LogP contribution in [0.2, 0.25) is 0 Å². The third kappa shape index (κ3) is 5.52. The fourth-order valence-electron chi connectivity index (χ4n) is 6.42. The van der Waals surface area contributed by atoms with E-state index in [1.165, 1.54) is 36.0 Å². The molecule has 0 saturated heterocycles. The van der Waals surface area contributed by atoms with E-state index in [9.17, 15) is 30.6 Å². The van der Waals surface area contributed by atoms with Crippen molar-refractivity contribution >= 4 is 11.8 Å². The first-order chi connectivity index (χ1) is 22.3. The van der Waals surface area contributed by atoms with Gasteiger partial charge in [-0.05, 0) is 53.4 Å². The molecular formula is C37H32O8S. The molecular weight excluding hydrogens is 604 g/mol. The first-order valence-corrected chi connectivity index (χ1v) is 16.0. The number of aliphatic hydroxyl groups is 1. The molecule has 6 N–H and O–H groups in total. The van der Waals surface area contributed by atoms with E-state index in [-0.39, 0.29) is 34.5 Å². The number of ether oxygens (including phenoxy) is 2. The van der Waals surface area contributed by atoms with Crippen LogP contribution in [0.4, 0.5) is 0 Å². The molecule has 0 spiro atoms. The monoisotopic (exact) mass is 636 g/mol. The van der Waals surface area contributed by atoms with Crippen LogP contribution in [0, 0.1) is 0 Å². The fraction of sp³-hybridized carbons (Fsp3) is 0.189. The maximum atomic E-state index is 11.8. The molecule has 0 saturated carbocycles. The lowest BCUT2D eigenvalue weighted by molar-refractivity contribution is 0.0163. The molecule has 0 radical (unpaired) electrons. The van der Waals surface area contributed by atoms with Gasteiger partial charge in [-0.2, -0.15) is 0 Å². The lowest BCUT2D eigenvalue weighted by atomic mass is 9.79.